The van der Waals surface area contributed by atoms with E-state index in [4.69, 9.17) is 10.4 Å². The molecule has 0 spiro atoms. The summed E-state index contributed by atoms with van der Waals surface area (Å²) < 4.78 is 0. The van der Waals surface area contributed by atoms with E-state index in [2.05, 4.69) is 201 Å². The number of aliphatic imine (C=N–C) groups is 2. The van der Waals surface area contributed by atoms with Crippen molar-refractivity contribution < 1.29 is 0 Å². The van der Waals surface area contributed by atoms with Crippen LogP contribution in [0.3, 0.4) is 0 Å². The number of amidine groups is 1. The summed E-state index contributed by atoms with van der Waals surface area (Å²) in [5.74, 6) is 0.866. The number of hydrogen-bond acceptors (Lipinski definition) is 3. The third-order valence-corrected chi connectivity index (χ3v) is 9.59. The number of hydrogen-bond donors (Lipinski definition) is 2. The fourth-order valence-corrected chi connectivity index (χ4v) is 6.57. The molecule has 0 saturated heterocycles. The molecule has 0 fully saturated rings. The molecular formula is C52H54N4. The van der Waals surface area contributed by atoms with Crippen LogP contribution in [-0.2, 0) is 6.42 Å². The second-order valence-electron chi connectivity index (χ2n) is 13.5. The first-order chi connectivity index (χ1) is 27.6. The SMILES string of the molecule is C=N.CC.CC1=CCCC=C1.CC1=NC=C1c1ccccc1C(=NC1C=CC=CC1)Nc1ccc(-c2ccc(Cc3ccc(-c4ccccc4)cc3)cc2)cc1. The molecule has 5 aromatic rings. The van der Waals surface area contributed by atoms with Crippen LogP contribution in [0, 0.1) is 5.41 Å². The van der Waals surface area contributed by atoms with Crippen molar-refractivity contribution in [3.05, 3.63) is 204 Å². The summed E-state index contributed by atoms with van der Waals surface area (Å²) in [6.07, 6.45) is 21.4. The average molecular weight is 735 g/mol. The lowest BCUT2D eigenvalue weighted by Crippen LogP contribution is -2.20. The van der Waals surface area contributed by atoms with Crippen molar-refractivity contribution in [3.8, 4) is 22.3 Å². The van der Waals surface area contributed by atoms with Crippen molar-refractivity contribution in [1.29, 1.82) is 5.41 Å². The molecule has 0 aromatic heterocycles. The van der Waals surface area contributed by atoms with Crippen LogP contribution in [0.2, 0.25) is 0 Å². The highest BCUT2D eigenvalue weighted by Gasteiger charge is 2.19. The smallest absolute Gasteiger partial charge is 0.133 e. The van der Waals surface area contributed by atoms with Gasteiger partial charge in [-0.25, -0.2) is 0 Å². The molecule has 0 amide bonds. The lowest BCUT2D eigenvalue weighted by molar-refractivity contribution is 0.827. The van der Waals surface area contributed by atoms with Crippen LogP contribution in [0.1, 0.15) is 69.2 Å². The molecule has 56 heavy (non-hydrogen) atoms. The van der Waals surface area contributed by atoms with E-state index in [1.165, 1.54) is 57.4 Å². The first-order valence-corrected chi connectivity index (χ1v) is 19.6. The van der Waals surface area contributed by atoms with Gasteiger partial charge in [-0.2, -0.15) is 0 Å². The van der Waals surface area contributed by atoms with Crippen LogP contribution in [-0.4, -0.2) is 24.3 Å². The lowest BCUT2D eigenvalue weighted by atomic mass is 9.94. The molecule has 0 radical (unpaired) electrons. The van der Waals surface area contributed by atoms with Gasteiger partial charge in [-0.05, 0) is 97.3 Å². The molecule has 0 saturated carbocycles. The summed E-state index contributed by atoms with van der Waals surface area (Å²) in [7, 11) is 0. The Morgan fingerprint density at radius 2 is 1.29 bits per heavy atom. The number of allylic oxidation sites excluding steroid dienone is 7. The Kier molecular flexibility index (Phi) is 15.7. The minimum Gasteiger partial charge on any atom is -0.340 e. The molecule has 4 nitrogen and oxygen atoms in total. The van der Waals surface area contributed by atoms with Crippen LogP contribution in [0.4, 0.5) is 5.69 Å². The third-order valence-electron chi connectivity index (χ3n) is 9.59. The van der Waals surface area contributed by atoms with E-state index in [1.54, 1.807) is 0 Å². The molecular weight excluding hydrogens is 681 g/mol. The van der Waals surface area contributed by atoms with Crippen LogP contribution in [0.15, 0.2) is 192 Å². The normalized spacial score (nSPS) is 15.2. The minimum absolute atomic E-state index is 0.0928. The van der Waals surface area contributed by atoms with Gasteiger partial charge in [-0.15, -0.1) is 0 Å². The molecule has 5 aromatic carbocycles. The number of benzene rings is 5. The van der Waals surface area contributed by atoms with E-state index in [1.807, 2.05) is 20.0 Å². The molecule has 1 aliphatic heterocycles. The van der Waals surface area contributed by atoms with Gasteiger partial charge >= 0.3 is 0 Å². The minimum atomic E-state index is 0.0928. The van der Waals surface area contributed by atoms with E-state index in [-0.39, 0.29) is 6.04 Å². The van der Waals surface area contributed by atoms with Crippen molar-refractivity contribution in [1.82, 2.24) is 0 Å². The Labute approximate surface area is 334 Å². The highest BCUT2D eigenvalue weighted by atomic mass is 15.0. The standard InChI is InChI=1S/C42H35N3.C7H10.C2H6.CH3N/c1-30-41(29-43-30)39-14-8-9-15-40(39)42(44-37-12-6-3-7-13-37)45-38-26-24-36(25-27-38)35-22-18-32(19-23-35)28-31-16-20-34(21-17-31)33-10-4-2-5-11-33;1-7-5-3-2-4-6-7;2*1-2/h2-12,14-27,29,37H,13,28H2,1H3,(H,44,45);3,5-6H,2,4H2,1H3;1-2H3;2H,1H2. The van der Waals surface area contributed by atoms with Crippen LogP contribution in [0.5, 0.6) is 0 Å². The van der Waals surface area contributed by atoms with E-state index in [0.29, 0.717) is 0 Å². The third kappa shape index (κ3) is 11.3. The zero-order valence-corrected chi connectivity index (χ0v) is 33.3. The first kappa shape index (κ1) is 40.8. The Bertz CT molecular complexity index is 2210. The van der Waals surface area contributed by atoms with E-state index in [0.717, 1.165) is 41.2 Å². The average Bonchev–Trinajstić information content (AvgIpc) is 3.26. The Morgan fingerprint density at radius 3 is 1.79 bits per heavy atom. The summed E-state index contributed by atoms with van der Waals surface area (Å²) in [5.41, 5.74) is 14.4. The quantitative estimate of drug-likeness (QED) is 0.121. The number of nitrogens with one attached hydrogen (secondary N) is 2. The van der Waals surface area contributed by atoms with Gasteiger partial charge in [0, 0.05) is 28.7 Å². The largest absolute Gasteiger partial charge is 0.340 e. The second kappa shape index (κ2) is 21.5. The molecule has 2 N–H and O–H groups in total. The topological polar surface area (TPSA) is 60.6 Å². The van der Waals surface area contributed by atoms with Crippen molar-refractivity contribution in [3.63, 3.8) is 0 Å². The van der Waals surface area contributed by atoms with Crippen molar-refractivity contribution in [2.75, 3.05) is 5.32 Å². The van der Waals surface area contributed by atoms with Gasteiger partial charge in [0.05, 0.1) is 6.04 Å². The Balaban J connectivity index is 0.000000482. The summed E-state index contributed by atoms with van der Waals surface area (Å²) in [6, 6.07) is 45.5. The number of nitrogens with zero attached hydrogens (tertiary/aromatic N) is 2. The number of rotatable bonds is 8. The summed E-state index contributed by atoms with van der Waals surface area (Å²) in [5, 5.41) is 9.16. The van der Waals surface area contributed by atoms with Gasteiger partial charge in [-0.3, -0.25) is 9.98 Å². The van der Waals surface area contributed by atoms with Gasteiger partial charge in [-0.1, -0.05) is 177 Å². The Morgan fingerprint density at radius 1 is 0.696 bits per heavy atom. The summed E-state index contributed by atoms with van der Waals surface area (Å²) in [4.78, 5) is 9.55. The monoisotopic (exact) mass is 734 g/mol. The number of anilines is 1. The zero-order valence-electron chi connectivity index (χ0n) is 33.3. The maximum Gasteiger partial charge on any atom is 0.133 e. The van der Waals surface area contributed by atoms with Gasteiger partial charge < -0.3 is 10.7 Å². The van der Waals surface area contributed by atoms with Gasteiger partial charge in [0.25, 0.3) is 0 Å². The van der Waals surface area contributed by atoms with Crippen molar-refractivity contribution in [2.24, 2.45) is 9.98 Å². The molecule has 2 aliphatic carbocycles. The lowest BCUT2D eigenvalue weighted by Gasteiger charge is -2.20. The predicted molar refractivity (Wildman–Crippen MR) is 244 cm³/mol. The zero-order chi connectivity index (χ0) is 39.5. The predicted octanol–water partition coefficient (Wildman–Crippen LogP) is 13.7. The molecule has 1 atom stereocenters. The van der Waals surface area contributed by atoms with Gasteiger partial charge in [0.15, 0.2) is 0 Å². The first-order valence-electron chi connectivity index (χ1n) is 19.6. The molecule has 3 aliphatic rings. The van der Waals surface area contributed by atoms with Crippen molar-refractivity contribution >= 4 is 29.5 Å². The highest BCUT2D eigenvalue weighted by molar-refractivity contribution is 6.29. The van der Waals surface area contributed by atoms with Gasteiger partial charge in [0.1, 0.15) is 5.84 Å². The fraction of sp³-hybridized carbons (Fsp3) is 0.173. The maximum atomic E-state index is 5.50. The molecule has 8 rings (SSSR count). The van der Waals surface area contributed by atoms with Crippen LogP contribution >= 0.6 is 0 Å². The van der Waals surface area contributed by atoms with E-state index >= 15 is 0 Å². The van der Waals surface area contributed by atoms with Crippen LogP contribution in [0.25, 0.3) is 27.8 Å². The Hall–Kier alpha value is -6.39. The molecule has 4 heteroatoms. The molecule has 1 unspecified atom stereocenters. The van der Waals surface area contributed by atoms with Crippen LogP contribution < -0.4 is 5.32 Å². The summed E-state index contributed by atoms with van der Waals surface area (Å²) in [6.45, 7) is 10.7. The molecule has 1 heterocycles. The van der Waals surface area contributed by atoms with Crippen molar-refractivity contribution in [2.45, 2.75) is 59.4 Å². The fourth-order valence-electron chi connectivity index (χ4n) is 6.57. The molecule has 282 valence electrons. The molecule has 0 bridgehead atoms. The van der Waals surface area contributed by atoms with Gasteiger partial charge in [0.2, 0.25) is 0 Å². The second-order valence-corrected chi connectivity index (χ2v) is 13.5. The van der Waals surface area contributed by atoms with E-state index in [9.17, 15) is 0 Å². The highest BCUT2D eigenvalue weighted by Crippen LogP contribution is 2.29. The summed E-state index contributed by atoms with van der Waals surface area (Å²) >= 11 is 0. The van der Waals surface area contributed by atoms with E-state index < -0.39 is 0 Å². The maximum absolute atomic E-state index is 5.50.